The van der Waals surface area contributed by atoms with Gasteiger partial charge in [0.2, 0.25) is 0 Å². The van der Waals surface area contributed by atoms with Gasteiger partial charge in [-0.1, -0.05) is 11.2 Å². The number of phenolic OH excluding ortho intramolecular Hbond substituents is 1. The van der Waals surface area contributed by atoms with E-state index >= 15 is 0 Å². The number of phenols is 1. The molecule has 1 aromatic carbocycles. The topological polar surface area (TPSA) is 118 Å². The minimum absolute atomic E-state index is 0.183. The highest BCUT2D eigenvalue weighted by atomic mass is 16.6. The minimum atomic E-state index is -0.692. The van der Waals surface area contributed by atoms with E-state index in [4.69, 9.17) is 4.52 Å². The van der Waals surface area contributed by atoms with Crippen molar-refractivity contribution in [3.05, 3.63) is 45.3 Å². The number of aromatic hydroxyl groups is 1. The van der Waals surface area contributed by atoms with Gasteiger partial charge in [0.1, 0.15) is 17.1 Å². The highest BCUT2D eigenvalue weighted by Gasteiger charge is 2.23. The lowest BCUT2D eigenvalue weighted by atomic mass is 10.1. The number of nitro benzene ring substituents is 1. The summed E-state index contributed by atoms with van der Waals surface area (Å²) < 4.78 is 4.85. The van der Waals surface area contributed by atoms with E-state index in [1.165, 1.54) is 18.2 Å². The molecule has 0 radical (unpaired) electrons. The molecule has 0 saturated carbocycles. The molecule has 2 rings (SSSR count). The van der Waals surface area contributed by atoms with Gasteiger partial charge >= 0.3 is 0 Å². The van der Waals surface area contributed by atoms with Gasteiger partial charge in [0.25, 0.3) is 11.6 Å². The summed E-state index contributed by atoms with van der Waals surface area (Å²) in [6.45, 7) is 3.12. The third-order valence-corrected chi connectivity index (χ3v) is 2.72. The molecule has 0 saturated heterocycles. The molecule has 0 aliphatic carbocycles. The van der Waals surface area contributed by atoms with E-state index in [0.717, 1.165) is 0 Å². The lowest BCUT2D eigenvalue weighted by Crippen LogP contribution is -2.14. The second-order valence-electron chi connectivity index (χ2n) is 4.08. The number of nitro groups is 1. The first-order valence-corrected chi connectivity index (χ1v) is 5.62. The molecule has 1 amide bonds. The maximum absolute atomic E-state index is 12.1. The number of hydrogen-bond acceptors (Lipinski definition) is 6. The average Bonchev–Trinajstić information content (AvgIpc) is 2.71. The molecule has 0 aliphatic heterocycles. The summed E-state index contributed by atoms with van der Waals surface area (Å²) >= 11 is 0. The zero-order chi connectivity index (χ0) is 14.9. The van der Waals surface area contributed by atoms with Gasteiger partial charge in [-0.2, -0.15) is 0 Å². The van der Waals surface area contributed by atoms with E-state index in [9.17, 15) is 20.0 Å². The second kappa shape index (κ2) is 5.00. The number of amides is 1. The Balaban J connectivity index is 2.40. The summed E-state index contributed by atoms with van der Waals surface area (Å²) in [5, 5.41) is 26.5. The molecule has 0 atom stereocenters. The number of aromatic nitrogens is 1. The first-order valence-electron chi connectivity index (χ1n) is 5.62. The van der Waals surface area contributed by atoms with Crippen molar-refractivity contribution in [3.63, 3.8) is 0 Å². The third kappa shape index (κ3) is 2.30. The molecule has 8 heteroatoms. The lowest BCUT2D eigenvalue weighted by molar-refractivity contribution is -0.384. The number of carbonyl (C=O) groups excluding carboxylic acids is 1. The van der Waals surface area contributed by atoms with E-state index < -0.39 is 16.5 Å². The fourth-order valence-electron chi connectivity index (χ4n) is 1.79. The smallest absolute Gasteiger partial charge is 0.296 e. The van der Waals surface area contributed by atoms with Crippen LogP contribution in [0.25, 0.3) is 0 Å². The fraction of sp³-hybridized carbons (Fsp3) is 0.167. The van der Waals surface area contributed by atoms with Crippen LogP contribution in [0.4, 0.5) is 11.4 Å². The molecule has 0 unspecified atom stereocenters. The zero-order valence-corrected chi connectivity index (χ0v) is 10.7. The van der Waals surface area contributed by atoms with Crippen LogP contribution in [0.1, 0.15) is 21.8 Å². The van der Waals surface area contributed by atoms with Crippen molar-refractivity contribution in [2.24, 2.45) is 0 Å². The van der Waals surface area contributed by atoms with Crippen LogP contribution in [0.3, 0.4) is 0 Å². The summed E-state index contributed by atoms with van der Waals surface area (Å²) in [4.78, 5) is 22.3. The third-order valence-electron chi connectivity index (χ3n) is 2.72. The van der Waals surface area contributed by atoms with Crippen molar-refractivity contribution < 1.29 is 19.3 Å². The van der Waals surface area contributed by atoms with Crippen LogP contribution in [0, 0.1) is 24.0 Å². The Bertz CT molecular complexity index is 673. The van der Waals surface area contributed by atoms with E-state index in [2.05, 4.69) is 10.5 Å². The number of carbonyl (C=O) groups is 1. The van der Waals surface area contributed by atoms with Gasteiger partial charge in [-0.05, 0) is 19.9 Å². The molecule has 0 fully saturated rings. The number of anilines is 1. The molecule has 0 bridgehead atoms. The molecule has 0 spiro atoms. The molecule has 20 heavy (non-hydrogen) atoms. The van der Waals surface area contributed by atoms with Crippen molar-refractivity contribution in [2.75, 3.05) is 5.32 Å². The number of nitrogens with zero attached hydrogens (tertiary/aromatic N) is 2. The van der Waals surface area contributed by atoms with Gasteiger partial charge < -0.3 is 14.9 Å². The molecular formula is C12H11N3O5. The summed E-state index contributed by atoms with van der Waals surface area (Å²) in [5.41, 5.74) is -0.117. The van der Waals surface area contributed by atoms with Crippen LogP contribution in [-0.4, -0.2) is 21.1 Å². The van der Waals surface area contributed by atoms with Crippen molar-refractivity contribution >= 4 is 17.3 Å². The van der Waals surface area contributed by atoms with Crippen molar-refractivity contribution in [1.82, 2.24) is 5.16 Å². The van der Waals surface area contributed by atoms with E-state index in [1.807, 2.05) is 0 Å². The minimum Gasteiger partial charge on any atom is -0.505 e. The van der Waals surface area contributed by atoms with Gasteiger partial charge in [-0.25, -0.2) is 0 Å². The normalized spacial score (nSPS) is 10.3. The summed E-state index contributed by atoms with van der Waals surface area (Å²) in [6.07, 6.45) is 0. The number of aryl methyl sites for hydroxylation is 2. The van der Waals surface area contributed by atoms with Gasteiger partial charge in [-0.15, -0.1) is 0 Å². The highest BCUT2D eigenvalue weighted by Crippen LogP contribution is 2.33. The van der Waals surface area contributed by atoms with E-state index in [0.29, 0.717) is 5.69 Å². The summed E-state index contributed by atoms with van der Waals surface area (Å²) in [6, 6.07) is 3.75. The molecule has 8 nitrogen and oxygen atoms in total. The lowest BCUT2D eigenvalue weighted by Gasteiger charge is -2.07. The number of benzene rings is 1. The van der Waals surface area contributed by atoms with Gasteiger partial charge in [-0.3, -0.25) is 14.9 Å². The number of nitrogens with one attached hydrogen (secondary N) is 1. The quantitative estimate of drug-likeness (QED) is 0.504. The first-order chi connectivity index (χ1) is 9.41. The monoisotopic (exact) mass is 277 g/mol. The maximum atomic E-state index is 12.1. The predicted octanol–water partition coefficient (Wildman–Crippen LogP) is 2.16. The van der Waals surface area contributed by atoms with E-state index in [1.54, 1.807) is 13.8 Å². The zero-order valence-electron chi connectivity index (χ0n) is 10.7. The second-order valence-corrected chi connectivity index (χ2v) is 4.08. The number of rotatable bonds is 3. The van der Waals surface area contributed by atoms with Gasteiger partial charge in [0.05, 0.1) is 10.6 Å². The predicted molar refractivity (Wildman–Crippen MR) is 68.7 cm³/mol. The molecule has 1 heterocycles. The summed E-state index contributed by atoms with van der Waals surface area (Å²) in [5.74, 6) is -0.733. The molecular weight excluding hydrogens is 266 g/mol. The van der Waals surface area contributed by atoms with Crippen molar-refractivity contribution in [1.29, 1.82) is 0 Å². The van der Waals surface area contributed by atoms with Crippen LogP contribution in [0.5, 0.6) is 5.75 Å². The first kappa shape index (κ1) is 13.5. The average molecular weight is 277 g/mol. The number of para-hydroxylation sites is 1. The van der Waals surface area contributed by atoms with Gasteiger partial charge in [0, 0.05) is 6.07 Å². The van der Waals surface area contributed by atoms with Crippen molar-refractivity contribution in [2.45, 2.75) is 13.8 Å². The SMILES string of the molecule is Cc1noc(C)c1C(=O)Nc1c(O)cccc1[N+](=O)[O-]. The Hall–Kier alpha value is -2.90. The largest absolute Gasteiger partial charge is 0.505 e. The Kier molecular flexibility index (Phi) is 3.38. The Morgan fingerprint density at radius 1 is 1.45 bits per heavy atom. The van der Waals surface area contributed by atoms with E-state index in [-0.39, 0.29) is 22.8 Å². The Labute approximate surface area is 113 Å². The van der Waals surface area contributed by atoms with Crippen LogP contribution in [-0.2, 0) is 0 Å². The van der Waals surface area contributed by atoms with Gasteiger partial charge in [0.15, 0.2) is 5.69 Å². The van der Waals surface area contributed by atoms with Crippen LogP contribution in [0.2, 0.25) is 0 Å². The molecule has 1 aromatic heterocycles. The molecule has 2 aromatic rings. The molecule has 104 valence electrons. The number of hydrogen-bond donors (Lipinski definition) is 2. The van der Waals surface area contributed by atoms with Crippen LogP contribution in [0.15, 0.2) is 22.7 Å². The molecule has 0 aliphatic rings. The van der Waals surface area contributed by atoms with Crippen LogP contribution < -0.4 is 5.32 Å². The maximum Gasteiger partial charge on any atom is 0.296 e. The molecule has 2 N–H and O–H groups in total. The fourth-order valence-corrected chi connectivity index (χ4v) is 1.79. The highest BCUT2D eigenvalue weighted by molar-refractivity contribution is 6.07. The Morgan fingerprint density at radius 3 is 2.70 bits per heavy atom. The summed E-state index contributed by atoms with van der Waals surface area (Å²) in [7, 11) is 0. The Morgan fingerprint density at radius 2 is 2.15 bits per heavy atom. The van der Waals surface area contributed by atoms with Crippen LogP contribution >= 0.6 is 0 Å². The van der Waals surface area contributed by atoms with Crippen molar-refractivity contribution in [3.8, 4) is 5.75 Å². The standard InChI is InChI=1S/C12H11N3O5/c1-6-10(7(2)20-14-6)12(17)13-11-8(15(18)19)4-3-5-9(11)16/h3-5,16H,1-2H3,(H,13,17).